The highest BCUT2D eigenvalue weighted by atomic mass is 16.5. The molecule has 3 rings (SSSR count). The van der Waals surface area contributed by atoms with Crippen molar-refractivity contribution in [3.8, 4) is 28.7 Å². The van der Waals surface area contributed by atoms with Crippen molar-refractivity contribution in [3.63, 3.8) is 0 Å². The van der Waals surface area contributed by atoms with Crippen LogP contribution in [-0.4, -0.2) is 34.5 Å². The summed E-state index contributed by atoms with van der Waals surface area (Å²) in [5, 5.41) is 0. The van der Waals surface area contributed by atoms with E-state index in [2.05, 4.69) is 50.3 Å². The summed E-state index contributed by atoms with van der Waals surface area (Å²) < 4.78 is 28.1. The van der Waals surface area contributed by atoms with Gasteiger partial charge < -0.3 is 23.7 Å². The largest absolute Gasteiger partial charge is 0.497 e. The molecule has 3 aromatic carbocycles. The molecule has 36 heavy (non-hydrogen) atoms. The van der Waals surface area contributed by atoms with E-state index in [4.69, 9.17) is 23.7 Å². The normalized spacial score (nSPS) is 11.3. The van der Waals surface area contributed by atoms with Gasteiger partial charge in [-0.05, 0) is 59.4 Å². The van der Waals surface area contributed by atoms with Gasteiger partial charge in [0.15, 0.2) is 11.5 Å². The standard InChI is InChI=1S/C31H36O5/c1-7-26(8-2)36-31-29(34-5)19-25(20-30(31)35-6)16-14-23-11-9-22(10-12-23)13-15-24-17-27(32-3)21-28(18-24)33-4/h9-21,26H,7-8H2,1-6H3/b15-13+,16-14+. The second-order valence-electron chi connectivity index (χ2n) is 8.29. The molecule has 0 amide bonds. The van der Waals surface area contributed by atoms with Crippen molar-refractivity contribution < 1.29 is 23.7 Å². The summed E-state index contributed by atoms with van der Waals surface area (Å²) in [6, 6.07) is 18.1. The number of hydrogen-bond acceptors (Lipinski definition) is 5. The lowest BCUT2D eigenvalue weighted by atomic mass is 10.1. The first-order valence-electron chi connectivity index (χ1n) is 12.1. The van der Waals surface area contributed by atoms with E-state index in [0.717, 1.165) is 46.6 Å². The molecule has 0 atom stereocenters. The van der Waals surface area contributed by atoms with Gasteiger partial charge in [0.2, 0.25) is 5.75 Å². The molecule has 0 unspecified atom stereocenters. The second kappa shape index (κ2) is 13.3. The van der Waals surface area contributed by atoms with Crippen molar-refractivity contribution in [2.24, 2.45) is 0 Å². The third-order valence-electron chi connectivity index (χ3n) is 5.92. The Bertz CT molecular complexity index is 1130. The fourth-order valence-corrected chi connectivity index (χ4v) is 3.76. The predicted octanol–water partition coefficient (Wildman–Crippen LogP) is 7.63. The van der Waals surface area contributed by atoms with E-state index >= 15 is 0 Å². The third-order valence-corrected chi connectivity index (χ3v) is 5.92. The summed E-state index contributed by atoms with van der Waals surface area (Å²) >= 11 is 0. The van der Waals surface area contributed by atoms with Gasteiger partial charge in [-0.2, -0.15) is 0 Å². The Morgan fingerprint density at radius 1 is 0.556 bits per heavy atom. The Morgan fingerprint density at radius 3 is 1.36 bits per heavy atom. The van der Waals surface area contributed by atoms with Gasteiger partial charge in [0.05, 0.1) is 34.5 Å². The number of ether oxygens (including phenoxy) is 5. The molecule has 3 aromatic rings. The van der Waals surface area contributed by atoms with Crippen LogP contribution in [0.2, 0.25) is 0 Å². The maximum Gasteiger partial charge on any atom is 0.203 e. The van der Waals surface area contributed by atoms with Gasteiger partial charge in [0, 0.05) is 6.07 Å². The summed E-state index contributed by atoms with van der Waals surface area (Å²) in [5.41, 5.74) is 4.16. The average Bonchev–Trinajstić information content (AvgIpc) is 2.93. The molecule has 0 spiro atoms. The smallest absolute Gasteiger partial charge is 0.203 e. The van der Waals surface area contributed by atoms with E-state index in [1.807, 2.05) is 42.5 Å². The molecule has 0 radical (unpaired) electrons. The van der Waals surface area contributed by atoms with Crippen LogP contribution in [0.5, 0.6) is 28.7 Å². The molecular formula is C31H36O5. The molecule has 0 aliphatic carbocycles. The monoisotopic (exact) mass is 488 g/mol. The fraction of sp³-hybridized carbons (Fsp3) is 0.290. The summed E-state index contributed by atoms with van der Waals surface area (Å²) in [6.45, 7) is 4.22. The minimum atomic E-state index is 0.118. The van der Waals surface area contributed by atoms with Crippen LogP contribution in [0.4, 0.5) is 0 Å². The van der Waals surface area contributed by atoms with E-state index in [1.165, 1.54) is 0 Å². The summed E-state index contributed by atoms with van der Waals surface area (Å²) in [6.07, 6.45) is 10.2. The van der Waals surface area contributed by atoms with Crippen LogP contribution < -0.4 is 23.7 Å². The topological polar surface area (TPSA) is 46.2 Å². The summed E-state index contributed by atoms with van der Waals surface area (Å²) in [5.74, 6) is 3.50. The molecule has 0 saturated heterocycles. The lowest BCUT2D eigenvalue weighted by Gasteiger charge is -2.20. The van der Waals surface area contributed by atoms with Crippen molar-refractivity contribution in [3.05, 3.63) is 76.9 Å². The van der Waals surface area contributed by atoms with E-state index < -0.39 is 0 Å². The Balaban J connectivity index is 1.76. The van der Waals surface area contributed by atoms with Gasteiger partial charge in [0.25, 0.3) is 0 Å². The van der Waals surface area contributed by atoms with Crippen LogP contribution in [-0.2, 0) is 0 Å². The first kappa shape index (κ1) is 26.7. The molecule has 190 valence electrons. The Labute approximate surface area is 214 Å². The highest BCUT2D eigenvalue weighted by Gasteiger charge is 2.17. The van der Waals surface area contributed by atoms with Gasteiger partial charge in [0.1, 0.15) is 11.5 Å². The minimum Gasteiger partial charge on any atom is -0.497 e. The zero-order valence-corrected chi connectivity index (χ0v) is 22.0. The summed E-state index contributed by atoms with van der Waals surface area (Å²) in [7, 11) is 6.60. The molecule has 0 saturated carbocycles. The molecule has 0 aromatic heterocycles. The lowest BCUT2D eigenvalue weighted by Crippen LogP contribution is -2.15. The van der Waals surface area contributed by atoms with Crippen LogP contribution in [0.3, 0.4) is 0 Å². The first-order chi connectivity index (χ1) is 17.5. The SMILES string of the molecule is CCC(CC)Oc1c(OC)cc(/C=C/c2ccc(/C=C/c3cc(OC)cc(OC)c3)cc2)cc1OC. The molecule has 5 heteroatoms. The van der Waals surface area contributed by atoms with E-state index in [1.54, 1.807) is 28.4 Å². The van der Waals surface area contributed by atoms with Crippen molar-refractivity contribution in [1.29, 1.82) is 0 Å². The molecule has 0 aliphatic rings. The van der Waals surface area contributed by atoms with E-state index in [-0.39, 0.29) is 6.10 Å². The van der Waals surface area contributed by atoms with Crippen LogP contribution in [0, 0.1) is 0 Å². The van der Waals surface area contributed by atoms with Gasteiger partial charge in [-0.3, -0.25) is 0 Å². The Kier molecular flexibility index (Phi) is 9.87. The van der Waals surface area contributed by atoms with E-state index in [0.29, 0.717) is 17.2 Å². The van der Waals surface area contributed by atoms with Crippen LogP contribution in [0.25, 0.3) is 24.3 Å². The first-order valence-corrected chi connectivity index (χ1v) is 12.1. The Hall–Kier alpha value is -3.86. The molecule has 0 fully saturated rings. The van der Waals surface area contributed by atoms with Crippen LogP contribution in [0.1, 0.15) is 48.9 Å². The zero-order valence-electron chi connectivity index (χ0n) is 22.0. The molecule has 0 aliphatic heterocycles. The lowest BCUT2D eigenvalue weighted by molar-refractivity contribution is 0.177. The van der Waals surface area contributed by atoms with Crippen LogP contribution >= 0.6 is 0 Å². The molecule has 0 heterocycles. The minimum absolute atomic E-state index is 0.118. The molecule has 0 bridgehead atoms. The summed E-state index contributed by atoms with van der Waals surface area (Å²) in [4.78, 5) is 0. The highest BCUT2D eigenvalue weighted by Crippen LogP contribution is 2.40. The quantitative estimate of drug-likeness (QED) is 0.245. The van der Waals surface area contributed by atoms with Crippen molar-refractivity contribution in [2.75, 3.05) is 28.4 Å². The van der Waals surface area contributed by atoms with Crippen molar-refractivity contribution >= 4 is 24.3 Å². The fourth-order valence-electron chi connectivity index (χ4n) is 3.76. The van der Waals surface area contributed by atoms with Crippen LogP contribution in [0.15, 0.2) is 54.6 Å². The zero-order chi connectivity index (χ0) is 25.9. The highest BCUT2D eigenvalue weighted by molar-refractivity contribution is 5.75. The molecule has 0 N–H and O–H groups in total. The Morgan fingerprint density at radius 2 is 0.972 bits per heavy atom. The maximum atomic E-state index is 6.17. The average molecular weight is 489 g/mol. The number of benzene rings is 3. The maximum absolute atomic E-state index is 6.17. The van der Waals surface area contributed by atoms with Gasteiger partial charge >= 0.3 is 0 Å². The van der Waals surface area contributed by atoms with Gasteiger partial charge in [-0.25, -0.2) is 0 Å². The number of methoxy groups -OCH3 is 4. The molecular weight excluding hydrogens is 452 g/mol. The number of hydrogen-bond donors (Lipinski definition) is 0. The third kappa shape index (κ3) is 7.08. The number of rotatable bonds is 12. The predicted molar refractivity (Wildman–Crippen MR) is 148 cm³/mol. The van der Waals surface area contributed by atoms with Crippen molar-refractivity contribution in [1.82, 2.24) is 0 Å². The second-order valence-corrected chi connectivity index (χ2v) is 8.29. The van der Waals surface area contributed by atoms with Gasteiger partial charge in [-0.15, -0.1) is 0 Å². The van der Waals surface area contributed by atoms with Crippen molar-refractivity contribution in [2.45, 2.75) is 32.8 Å². The molecule has 5 nitrogen and oxygen atoms in total. The van der Waals surface area contributed by atoms with E-state index in [9.17, 15) is 0 Å². The van der Waals surface area contributed by atoms with Gasteiger partial charge in [-0.1, -0.05) is 62.4 Å².